The van der Waals surface area contributed by atoms with E-state index in [0.717, 1.165) is 18.2 Å². The number of benzene rings is 2. The molecule has 8 heteroatoms. The smallest absolute Gasteiger partial charge is 0.416 e. The largest absolute Gasteiger partial charge is 0.507 e. The van der Waals surface area contributed by atoms with Crippen molar-refractivity contribution in [3.63, 3.8) is 0 Å². The van der Waals surface area contributed by atoms with Gasteiger partial charge in [-0.05, 0) is 24.3 Å². The van der Waals surface area contributed by atoms with E-state index in [2.05, 4.69) is 5.32 Å². The van der Waals surface area contributed by atoms with Crippen molar-refractivity contribution in [2.75, 3.05) is 5.32 Å². The molecule has 1 aliphatic rings. The Labute approximate surface area is 133 Å². The molecule has 0 radical (unpaired) electrons. The molecule has 2 aromatic carbocycles. The number of fused-ring (bicyclic) bond motifs is 1. The van der Waals surface area contributed by atoms with Gasteiger partial charge in [-0.25, -0.2) is 0 Å². The zero-order chi connectivity index (χ0) is 17.0. The van der Waals surface area contributed by atoms with Gasteiger partial charge in [-0.15, -0.1) is 0 Å². The molecule has 3 rings (SSSR count). The topological polar surface area (TPSA) is 69.6 Å². The van der Waals surface area contributed by atoms with Crippen LogP contribution in [0.2, 0.25) is 5.02 Å². The summed E-state index contributed by atoms with van der Waals surface area (Å²) in [6.45, 7) is 0. The summed E-state index contributed by atoms with van der Waals surface area (Å²) >= 11 is 5.95. The Balaban J connectivity index is 2.23. The SMILES string of the molecule is O=C1Nc2cc(C(F)(F)F)ccc2C1(O)c1c(O)cccc1Cl. The van der Waals surface area contributed by atoms with Gasteiger partial charge in [-0.2, -0.15) is 13.2 Å². The van der Waals surface area contributed by atoms with Crippen molar-refractivity contribution in [3.05, 3.63) is 58.1 Å². The molecule has 23 heavy (non-hydrogen) atoms. The second-order valence-electron chi connectivity index (χ2n) is 5.06. The molecule has 4 nitrogen and oxygen atoms in total. The molecule has 1 amide bonds. The molecule has 1 unspecified atom stereocenters. The fourth-order valence-corrected chi connectivity index (χ4v) is 2.90. The number of phenols is 1. The molecule has 0 spiro atoms. The molecule has 0 aromatic heterocycles. The maximum Gasteiger partial charge on any atom is 0.416 e. The first-order chi connectivity index (χ1) is 10.7. The maximum absolute atomic E-state index is 12.8. The molecular weight excluding hydrogens is 335 g/mol. The van der Waals surface area contributed by atoms with E-state index in [1.165, 1.54) is 18.2 Å². The molecule has 1 atom stereocenters. The summed E-state index contributed by atoms with van der Waals surface area (Å²) < 4.78 is 38.3. The minimum absolute atomic E-state index is 0.0876. The third-order valence-corrected chi connectivity index (χ3v) is 3.98. The monoisotopic (exact) mass is 343 g/mol. The van der Waals surface area contributed by atoms with Crippen molar-refractivity contribution in [1.29, 1.82) is 0 Å². The van der Waals surface area contributed by atoms with Crippen LogP contribution in [0, 0.1) is 0 Å². The van der Waals surface area contributed by atoms with Gasteiger partial charge in [-0.3, -0.25) is 4.79 Å². The number of hydrogen-bond donors (Lipinski definition) is 3. The number of carbonyl (C=O) groups excluding carboxylic acids is 1. The number of alkyl halides is 3. The van der Waals surface area contributed by atoms with Crippen LogP contribution in [0.3, 0.4) is 0 Å². The van der Waals surface area contributed by atoms with Gasteiger partial charge in [-0.1, -0.05) is 23.7 Å². The highest BCUT2D eigenvalue weighted by molar-refractivity contribution is 6.32. The fourth-order valence-electron chi connectivity index (χ4n) is 2.59. The third-order valence-electron chi connectivity index (χ3n) is 3.67. The van der Waals surface area contributed by atoms with Gasteiger partial charge >= 0.3 is 6.18 Å². The quantitative estimate of drug-likeness (QED) is 0.744. The molecule has 0 bridgehead atoms. The maximum atomic E-state index is 12.8. The molecule has 0 aliphatic carbocycles. The summed E-state index contributed by atoms with van der Waals surface area (Å²) in [5, 5.41) is 22.8. The standard InChI is InChI=1S/C15H9ClF3NO3/c16-9-2-1-3-11(21)12(9)14(23)8-5-4-7(15(17,18)19)6-10(8)20-13(14)22/h1-6,21,23H,(H,20,22). The second-order valence-corrected chi connectivity index (χ2v) is 5.46. The Kier molecular flexibility index (Phi) is 3.31. The van der Waals surface area contributed by atoms with Crippen LogP contribution in [0.25, 0.3) is 0 Å². The Hall–Kier alpha value is -2.25. The first kappa shape index (κ1) is 15.6. The van der Waals surface area contributed by atoms with Crippen LogP contribution in [0.15, 0.2) is 36.4 Å². The summed E-state index contributed by atoms with van der Waals surface area (Å²) in [5.74, 6) is -1.43. The molecule has 120 valence electrons. The second kappa shape index (κ2) is 4.87. The van der Waals surface area contributed by atoms with Gasteiger partial charge in [0.2, 0.25) is 5.60 Å². The van der Waals surface area contributed by atoms with Crippen molar-refractivity contribution in [1.82, 2.24) is 0 Å². The first-order valence-electron chi connectivity index (χ1n) is 6.39. The highest BCUT2D eigenvalue weighted by atomic mass is 35.5. The Morgan fingerprint density at radius 3 is 2.48 bits per heavy atom. The van der Waals surface area contributed by atoms with Crippen molar-refractivity contribution in [3.8, 4) is 5.75 Å². The van der Waals surface area contributed by atoms with Crippen LogP contribution in [0.4, 0.5) is 18.9 Å². The summed E-state index contributed by atoms with van der Waals surface area (Å²) in [7, 11) is 0. The van der Waals surface area contributed by atoms with E-state index in [4.69, 9.17) is 11.6 Å². The molecule has 2 aromatic rings. The van der Waals surface area contributed by atoms with E-state index in [0.29, 0.717) is 0 Å². The van der Waals surface area contributed by atoms with Crippen molar-refractivity contribution in [2.24, 2.45) is 0 Å². The number of phenolic OH excluding ortho intramolecular Hbond substituents is 1. The van der Waals surface area contributed by atoms with Crippen LogP contribution in [-0.2, 0) is 16.6 Å². The number of nitrogens with one attached hydrogen (secondary N) is 1. The van der Waals surface area contributed by atoms with Crippen molar-refractivity contribution in [2.45, 2.75) is 11.8 Å². The minimum Gasteiger partial charge on any atom is -0.507 e. The van der Waals surface area contributed by atoms with Crippen LogP contribution in [0.1, 0.15) is 16.7 Å². The average Bonchev–Trinajstić information content (AvgIpc) is 2.69. The van der Waals surface area contributed by atoms with Crippen molar-refractivity contribution < 1.29 is 28.2 Å². The van der Waals surface area contributed by atoms with Crippen LogP contribution in [0.5, 0.6) is 5.75 Å². The van der Waals surface area contributed by atoms with Gasteiger partial charge in [0, 0.05) is 11.3 Å². The summed E-state index contributed by atoms with van der Waals surface area (Å²) in [4.78, 5) is 12.2. The zero-order valence-corrected chi connectivity index (χ0v) is 12.0. The molecule has 0 saturated carbocycles. The van der Waals surface area contributed by atoms with Gasteiger partial charge in [0.15, 0.2) is 0 Å². The summed E-state index contributed by atoms with van der Waals surface area (Å²) in [6, 6.07) is 6.43. The van der Waals surface area contributed by atoms with E-state index >= 15 is 0 Å². The molecule has 3 N–H and O–H groups in total. The number of carbonyl (C=O) groups is 1. The Bertz CT molecular complexity index is 802. The number of amides is 1. The Morgan fingerprint density at radius 2 is 1.87 bits per heavy atom. The first-order valence-corrected chi connectivity index (χ1v) is 6.77. The number of halogens is 4. The zero-order valence-electron chi connectivity index (χ0n) is 11.3. The lowest BCUT2D eigenvalue weighted by molar-refractivity contribution is -0.137. The van der Waals surface area contributed by atoms with Gasteiger partial charge in [0.1, 0.15) is 5.75 Å². The van der Waals surface area contributed by atoms with E-state index in [1.807, 2.05) is 0 Å². The number of aromatic hydroxyl groups is 1. The highest BCUT2D eigenvalue weighted by Gasteiger charge is 2.50. The van der Waals surface area contributed by atoms with Gasteiger partial charge in [0.25, 0.3) is 5.91 Å². The molecule has 0 fully saturated rings. The summed E-state index contributed by atoms with van der Waals surface area (Å²) in [5.41, 5.74) is -3.92. The average molecular weight is 344 g/mol. The molecular formula is C15H9ClF3NO3. The van der Waals surface area contributed by atoms with E-state index in [-0.39, 0.29) is 21.8 Å². The van der Waals surface area contributed by atoms with Crippen molar-refractivity contribution >= 4 is 23.2 Å². The van der Waals surface area contributed by atoms with E-state index in [9.17, 15) is 28.2 Å². The van der Waals surface area contributed by atoms with Crippen LogP contribution < -0.4 is 5.32 Å². The van der Waals surface area contributed by atoms with Gasteiger partial charge < -0.3 is 15.5 Å². The number of hydrogen-bond acceptors (Lipinski definition) is 3. The molecule has 1 aliphatic heterocycles. The number of rotatable bonds is 1. The number of aliphatic hydroxyl groups is 1. The molecule has 1 heterocycles. The molecule has 0 saturated heterocycles. The van der Waals surface area contributed by atoms with Crippen LogP contribution in [-0.4, -0.2) is 16.1 Å². The normalized spacial score (nSPS) is 20.3. The predicted octanol–water partition coefficient (Wildman–Crippen LogP) is 3.25. The summed E-state index contributed by atoms with van der Waals surface area (Å²) in [6.07, 6.45) is -4.59. The highest BCUT2D eigenvalue weighted by Crippen LogP contribution is 2.47. The predicted molar refractivity (Wildman–Crippen MR) is 76.2 cm³/mol. The lowest BCUT2D eigenvalue weighted by atomic mass is 9.86. The van der Waals surface area contributed by atoms with Gasteiger partial charge in [0.05, 0.1) is 16.1 Å². The lowest BCUT2D eigenvalue weighted by Gasteiger charge is -2.23. The van der Waals surface area contributed by atoms with Crippen LogP contribution >= 0.6 is 11.6 Å². The minimum atomic E-state index is -4.59. The Morgan fingerprint density at radius 1 is 1.17 bits per heavy atom. The third kappa shape index (κ3) is 2.24. The van der Waals surface area contributed by atoms with E-state index in [1.54, 1.807) is 0 Å². The van der Waals surface area contributed by atoms with E-state index < -0.39 is 29.0 Å². The number of anilines is 1. The fraction of sp³-hybridized carbons (Fsp3) is 0.133. The lowest BCUT2D eigenvalue weighted by Crippen LogP contribution is -2.35.